The number of halogens is 1. The van der Waals surface area contributed by atoms with Crippen molar-refractivity contribution in [2.24, 2.45) is 10.7 Å². The van der Waals surface area contributed by atoms with Crippen LogP contribution < -0.4 is 21.5 Å². The lowest BCUT2D eigenvalue weighted by Gasteiger charge is -2.30. The Morgan fingerprint density at radius 2 is 1.88 bits per heavy atom. The van der Waals surface area contributed by atoms with Crippen molar-refractivity contribution in [2.45, 2.75) is 32.0 Å². The topological polar surface area (TPSA) is 111 Å². The number of nitrogens with zero attached hydrogens (tertiary/aromatic N) is 3. The predicted molar refractivity (Wildman–Crippen MR) is 98.9 cm³/mol. The van der Waals surface area contributed by atoms with E-state index in [2.05, 4.69) is 20.3 Å². The Morgan fingerprint density at radius 1 is 1.19 bits per heavy atom. The number of benzene rings is 1. The second kappa shape index (κ2) is 6.38. The SMILES string of the molecule is CC(C)(C)c1ccc(-c2cnc(N)nc2)c(F)c1OC1(N)C=CNC=N1. The molecule has 2 heterocycles. The van der Waals surface area contributed by atoms with Crippen LogP contribution in [-0.2, 0) is 5.41 Å². The van der Waals surface area contributed by atoms with Crippen LogP contribution in [0.1, 0.15) is 26.3 Å². The monoisotopic (exact) mass is 356 g/mol. The number of rotatable bonds is 3. The molecule has 8 heteroatoms. The van der Waals surface area contributed by atoms with Gasteiger partial charge in [-0.3, -0.25) is 5.73 Å². The molecule has 1 unspecified atom stereocenters. The van der Waals surface area contributed by atoms with Gasteiger partial charge >= 0.3 is 0 Å². The summed E-state index contributed by atoms with van der Waals surface area (Å²) in [5.74, 6) is -1.90. The summed E-state index contributed by atoms with van der Waals surface area (Å²) < 4.78 is 21.2. The normalized spacial score (nSPS) is 19.3. The molecule has 0 spiro atoms. The first-order valence-electron chi connectivity index (χ1n) is 8.06. The van der Waals surface area contributed by atoms with E-state index in [4.69, 9.17) is 16.2 Å². The lowest BCUT2D eigenvalue weighted by Crippen LogP contribution is -2.45. The van der Waals surface area contributed by atoms with Crippen LogP contribution in [0.4, 0.5) is 10.3 Å². The molecule has 3 rings (SSSR count). The summed E-state index contributed by atoms with van der Waals surface area (Å²) >= 11 is 0. The van der Waals surface area contributed by atoms with Gasteiger partial charge in [-0.05, 0) is 5.41 Å². The molecule has 1 atom stereocenters. The van der Waals surface area contributed by atoms with Crippen LogP contribution in [0.15, 0.2) is 41.8 Å². The lowest BCUT2D eigenvalue weighted by molar-refractivity contribution is 0.126. The summed E-state index contributed by atoms with van der Waals surface area (Å²) in [7, 11) is 0. The van der Waals surface area contributed by atoms with Crippen molar-refractivity contribution >= 4 is 12.3 Å². The number of ether oxygens (including phenoxy) is 1. The first kappa shape index (κ1) is 17.8. The van der Waals surface area contributed by atoms with Gasteiger partial charge < -0.3 is 15.8 Å². The van der Waals surface area contributed by atoms with Gasteiger partial charge in [0, 0.05) is 41.4 Å². The van der Waals surface area contributed by atoms with Crippen LogP contribution >= 0.6 is 0 Å². The van der Waals surface area contributed by atoms with E-state index >= 15 is 4.39 Å². The fourth-order valence-corrected chi connectivity index (χ4v) is 2.56. The number of hydrogen-bond acceptors (Lipinski definition) is 7. The van der Waals surface area contributed by atoms with Crippen LogP contribution in [0, 0.1) is 5.82 Å². The maximum absolute atomic E-state index is 15.4. The average molecular weight is 356 g/mol. The Kier molecular flexibility index (Phi) is 4.37. The number of anilines is 1. The van der Waals surface area contributed by atoms with Gasteiger partial charge in [0.05, 0.1) is 6.34 Å². The van der Waals surface area contributed by atoms with E-state index in [-0.39, 0.29) is 17.1 Å². The molecule has 136 valence electrons. The number of nitrogen functional groups attached to an aromatic ring is 1. The van der Waals surface area contributed by atoms with Gasteiger partial charge in [0.15, 0.2) is 11.6 Å². The van der Waals surface area contributed by atoms with Gasteiger partial charge in [-0.15, -0.1) is 0 Å². The maximum atomic E-state index is 15.4. The molecule has 0 bridgehead atoms. The predicted octanol–water partition coefficient (Wildman–Crippen LogP) is 2.30. The Hall–Kier alpha value is -3.00. The van der Waals surface area contributed by atoms with Gasteiger partial charge in [-0.1, -0.05) is 32.9 Å². The van der Waals surface area contributed by atoms with E-state index < -0.39 is 11.7 Å². The molecule has 0 radical (unpaired) electrons. The average Bonchev–Trinajstić information content (AvgIpc) is 2.57. The van der Waals surface area contributed by atoms with Crippen LogP contribution in [0.3, 0.4) is 0 Å². The summed E-state index contributed by atoms with van der Waals surface area (Å²) in [6.07, 6.45) is 7.41. The van der Waals surface area contributed by atoms with E-state index in [9.17, 15) is 0 Å². The third-order valence-corrected chi connectivity index (χ3v) is 3.91. The number of nitrogens with one attached hydrogen (secondary N) is 1. The zero-order valence-corrected chi connectivity index (χ0v) is 14.8. The highest BCUT2D eigenvalue weighted by atomic mass is 19.1. The Labute approximate surface area is 151 Å². The summed E-state index contributed by atoms with van der Waals surface area (Å²) in [4.78, 5) is 11.9. The minimum Gasteiger partial charge on any atom is -0.446 e. The van der Waals surface area contributed by atoms with Crippen molar-refractivity contribution in [3.8, 4) is 16.9 Å². The molecule has 1 aromatic heterocycles. The van der Waals surface area contributed by atoms with Crippen molar-refractivity contribution in [3.63, 3.8) is 0 Å². The van der Waals surface area contributed by atoms with Gasteiger partial charge in [-0.25, -0.2) is 19.4 Å². The summed E-state index contributed by atoms with van der Waals surface area (Å²) in [5, 5.41) is 2.77. The molecule has 0 aliphatic carbocycles. The number of aromatic nitrogens is 2. The minimum atomic E-state index is -1.50. The zero-order chi connectivity index (χ0) is 18.9. The number of hydrogen-bond donors (Lipinski definition) is 3. The van der Waals surface area contributed by atoms with Crippen molar-refractivity contribution in [1.29, 1.82) is 0 Å². The first-order valence-corrected chi connectivity index (χ1v) is 8.06. The highest BCUT2D eigenvalue weighted by Gasteiger charge is 2.31. The Bertz CT molecular complexity index is 858. The lowest BCUT2D eigenvalue weighted by atomic mass is 9.85. The summed E-state index contributed by atoms with van der Waals surface area (Å²) in [6, 6.07) is 3.48. The van der Waals surface area contributed by atoms with Crippen molar-refractivity contribution in [2.75, 3.05) is 5.73 Å². The highest BCUT2D eigenvalue weighted by Crippen LogP contribution is 2.39. The molecule has 7 nitrogen and oxygen atoms in total. The largest absolute Gasteiger partial charge is 0.446 e. The third-order valence-electron chi connectivity index (χ3n) is 3.91. The van der Waals surface area contributed by atoms with Crippen LogP contribution in [0.25, 0.3) is 11.1 Å². The van der Waals surface area contributed by atoms with Crippen LogP contribution in [0.2, 0.25) is 0 Å². The molecule has 2 aromatic rings. The van der Waals surface area contributed by atoms with Gasteiger partial charge in [0.2, 0.25) is 5.95 Å². The fourth-order valence-electron chi connectivity index (χ4n) is 2.56. The molecular formula is C18H21FN6O. The Morgan fingerprint density at radius 3 is 2.46 bits per heavy atom. The zero-order valence-electron chi connectivity index (χ0n) is 14.8. The maximum Gasteiger partial charge on any atom is 0.278 e. The molecule has 0 amide bonds. The Balaban J connectivity index is 2.13. The molecule has 0 saturated heterocycles. The smallest absolute Gasteiger partial charge is 0.278 e. The highest BCUT2D eigenvalue weighted by molar-refractivity contribution is 5.67. The standard InChI is InChI=1S/C18H21FN6O/c1-17(2,3)13-5-4-12(11-8-23-16(20)24-9-11)14(19)15(13)26-18(21)6-7-22-10-25-18/h4-10H,21H2,1-3H3,(H,22,25)(H2,20,23,24). The second-order valence-corrected chi connectivity index (χ2v) is 7.00. The second-order valence-electron chi connectivity index (χ2n) is 7.00. The van der Waals surface area contributed by atoms with E-state index in [1.807, 2.05) is 26.8 Å². The molecule has 5 N–H and O–H groups in total. The third kappa shape index (κ3) is 3.50. The first-order chi connectivity index (χ1) is 12.2. The summed E-state index contributed by atoms with van der Waals surface area (Å²) in [5.41, 5.74) is 12.7. The van der Waals surface area contributed by atoms with E-state index in [1.54, 1.807) is 12.3 Å². The number of aliphatic imine (C=N–C) groups is 1. The van der Waals surface area contributed by atoms with Crippen molar-refractivity contribution in [1.82, 2.24) is 15.3 Å². The van der Waals surface area contributed by atoms with E-state index in [1.165, 1.54) is 24.8 Å². The van der Waals surface area contributed by atoms with Crippen molar-refractivity contribution in [3.05, 3.63) is 48.2 Å². The minimum absolute atomic E-state index is 0.0398. The molecular weight excluding hydrogens is 335 g/mol. The molecule has 1 aliphatic rings. The van der Waals surface area contributed by atoms with Crippen molar-refractivity contribution < 1.29 is 9.13 Å². The number of nitrogens with two attached hydrogens (primary N) is 2. The fraction of sp³-hybridized carbons (Fsp3) is 0.278. The quantitative estimate of drug-likeness (QED) is 0.728. The molecule has 26 heavy (non-hydrogen) atoms. The van der Waals surface area contributed by atoms with Gasteiger partial charge in [-0.2, -0.15) is 0 Å². The van der Waals surface area contributed by atoms with E-state index in [0.717, 1.165) is 0 Å². The molecule has 0 saturated carbocycles. The molecule has 1 aromatic carbocycles. The van der Waals surface area contributed by atoms with Crippen LogP contribution in [-0.4, -0.2) is 22.2 Å². The van der Waals surface area contributed by atoms with Crippen LogP contribution in [0.5, 0.6) is 5.75 Å². The molecule has 1 aliphatic heterocycles. The molecule has 0 fully saturated rings. The van der Waals surface area contributed by atoms with Gasteiger partial charge in [0.25, 0.3) is 5.85 Å². The van der Waals surface area contributed by atoms with E-state index in [0.29, 0.717) is 16.7 Å². The summed E-state index contributed by atoms with van der Waals surface area (Å²) in [6.45, 7) is 5.89. The van der Waals surface area contributed by atoms with Gasteiger partial charge in [0.1, 0.15) is 0 Å².